The summed E-state index contributed by atoms with van der Waals surface area (Å²) in [5, 5.41) is 5.72. The first-order valence-electron chi connectivity index (χ1n) is 9.07. The summed E-state index contributed by atoms with van der Waals surface area (Å²) in [6, 6.07) is 14.3. The third-order valence-corrected chi connectivity index (χ3v) is 3.84. The number of hydrogen-bond acceptors (Lipinski definition) is 3. The van der Waals surface area contributed by atoms with Crippen molar-refractivity contribution in [1.82, 2.24) is 0 Å². The molecule has 0 radical (unpaired) electrons. The minimum atomic E-state index is -0.250. The van der Waals surface area contributed by atoms with Gasteiger partial charge in [-0.2, -0.15) is 0 Å². The lowest BCUT2D eigenvalue weighted by Crippen LogP contribution is -2.14. The summed E-state index contributed by atoms with van der Waals surface area (Å²) in [7, 11) is 0. The molecule has 2 amide bonds. The Morgan fingerprint density at radius 2 is 1.65 bits per heavy atom. The van der Waals surface area contributed by atoms with Crippen molar-refractivity contribution in [2.24, 2.45) is 0 Å². The second kappa shape index (κ2) is 10.2. The molecule has 0 aliphatic carbocycles. The summed E-state index contributed by atoms with van der Waals surface area (Å²) in [6.07, 6.45) is 3.51. The molecule has 0 spiro atoms. The van der Waals surface area contributed by atoms with E-state index in [2.05, 4.69) is 17.6 Å². The Kier molecular flexibility index (Phi) is 7.68. The standard InChI is InChI=1S/C21H26N2O3/c1-3-5-6-14-20(24)22-16-10-9-11-17(15-16)23-21(25)18-12-7-8-13-19(18)26-4-2/h7-13,15H,3-6,14H2,1-2H3,(H,22,24)(H,23,25). The lowest BCUT2D eigenvalue weighted by Gasteiger charge is -2.11. The van der Waals surface area contributed by atoms with E-state index in [-0.39, 0.29) is 11.8 Å². The summed E-state index contributed by atoms with van der Waals surface area (Å²) >= 11 is 0. The molecule has 5 heteroatoms. The van der Waals surface area contributed by atoms with Crippen molar-refractivity contribution in [3.63, 3.8) is 0 Å². The minimum absolute atomic E-state index is 0.0105. The maximum absolute atomic E-state index is 12.5. The molecule has 0 unspecified atom stereocenters. The highest BCUT2D eigenvalue weighted by Gasteiger charge is 2.12. The predicted octanol–water partition coefficient (Wildman–Crippen LogP) is 4.86. The van der Waals surface area contributed by atoms with E-state index >= 15 is 0 Å². The lowest BCUT2D eigenvalue weighted by atomic mass is 10.1. The molecule has 0 heterocycles. The Balaban J connectivity index is 2.02. The third-order valence-electron chi connectivity index (χ3n) is 3.84. The number of rotatable bonds is 9. The maximum atomic E-state index is 12.5. The van der Waals surface area contributed by atoms with Gasteiger partial charge in [0.15, 0.2) is 0 Å². The van der Waals surface area contributed by atoms with Gasteiger partial charge in [0, 0.05) is 17.8 Å². The quantitative estimate of drug-likeness (QED) is 0.632. The number of para-hydroxylation sites is 1. The number of benzene rings is 2. The van der Waals surface area contributed by atoms with Gasteiger partial charge in [0.25, 0.3) is 5.91 Å². The van der Waals surface area contributed by atoms with E-state index in [1.165, 1.54) is 0 Å². The summed E-state index contributed by atoms with van der Waals surface area (Å²) < 4.78 is 5.50. The topological polar surface area (TPSA) is 67.4 Å². The molecular weight excluding hydrogens is 328 g/mol. The van der Waals surface area contributed by atoms with Gasteiger partial charge in [-0.1, -0.05) is 38.0 Å². The molecule has 2 aromatic rings. The molecule has 2 N–H and O–H groups in total. The van der Waals surface area contributed by atoms with Crippen molar-refractivity contribution in [2.45, 2.75) is 39.5 Å². The van der Waals surface area contributed by atoms with E-state index in [0.29, 0.717) is 35.7 Å². The molecule has 0 aliphatic rings. The number of ether oxygens (including phenoxy) is 1. The van der Waals surface area contributed by atoms with Gasteiger partial charge < -0.3 is 15.4 Å². The second-order valence-electron chi connectivity index (χ2n) is 5.97. The highest BCUT2D eigenvalue weighted by Crippen LogP contribution is 2.21. The van der Waals surface area contributed by atoms with E-state index in [1.807, 2.05) is 19.1 Å². The van der Waals surface area contributed by atoms with Crippen LogP contribution < -0.4 is 15.4 Å². The summed E-state index contributed by atoms with van der Waals surface area (Å²) in [5.41, 5.74) is 1.76. The van der Waals surface area contributed by atoms with Gasteiger partial charge in [-0.3, -0.25) is 9.59 Å². The molecular formula is C21H26N2O3. The van der Waals surface area contributed by atoms with Crippen LogP contribution in [0.25, 0.3) is 0 Å². The molecule has 0 atom stereocenters. The highest BCUT2D eigenvalue weighted by molar-refractivity contribution is 6.06. The van der Waals surface area contributed by atoms with Crippen LogP contribution in [0, 0.1) is 0 Å². The average molecular weight is 354 g/mol. The number of carbonyl (C=O) groups is 2. The fourth-order valence-electron chi connectivity index (χ4n) is 2.57. The molecule has 5 nitrogen and oxygen atoms in total. The molecule has 0 fully saturated rings. The maximum Gasteiger partial charge on any atom is 0.259 e. The van der Waals surface area contributed by atoms with Crippen LogP contribution >= 0.6 is 0 Å². The van der Waals surface area contributed by atoms with Crippen LogP contribution in [0.1, 0.15) is 49.9 Å². The molecule has 138 valence electrons. The smallest absolute Gasteiger partial charge is 0.259 e. The zero-order valence-electron chi connectivity index (χ0n) is 15.4. The Bertz CT molecular complexity index is 744. The fraction of sp³-hybridized carbons (Fsp3) is 0.333. The van der Waals surface area contributed by atoms with Crippen LogP contribution in [0.3, 0.4) is 0 Å². The number of anilines is 2. The van der Waals surface area contributed by atoms with E-state index < -0.39 is 0 Å². The molecule has 0 aliphatic heterocycles. The van der Waals surface area contributed by atoms with Gasteiger partial charge in [0.2, 0.25) is 5.91 Å². The zero-order valence-corrected chi connectivity index (χ0v) is 15.4. The van der Waals surface area contributed by atoms with E-state index in [9.17, 15) is 9.59 Å². The Labute approximate surface area is 154 Å². The lowest BCUT2D eigenvalue weighted by molar-refractivity contribution is -0.116. The fourth-order valence-corrected chi connectivity index (χ4v) is 2.57. The molecule has 2 rings (SSSR count). The molecule has 0 bridgehead atoms. The monoisotopic (exact) mass is 354 g/mol. The highest BCUT2D eigenvalue weighted by atomic mass is 16.5. The van der Waals surface area contributed by atoms with Crippen LogP contribution in [-0.4, -0.2) is 18.4 Å². The Hall–Kier alpha value is -2.82. The van der Waals surface area contributed by atoms with Crippen LogP contribution in [-0.2, 0) is 4.79 Å². The van der Waals surface area contributed by atoms with E-state index in [4.69, 9.17) is 4.74 Å². The van der Waals surface area contributed by atoms with E-state index in [0.717, 1.165) is 19.3 Å². The first kappa shape index (κ1) is 19.5. The van der Waals surface area contributed by atoms with Crippen molar-refractivity contribution >= 4 is 23.2 Å². The van der Waals surface area contributed by atoms with Gasteiger partial charge in [-0.25, -0.2) is 0 Å². The molecule has 26 heavy (non-hydrogen) atoms. The van der Waals surface area contributed by atoms with Gasteiger partial charge in [0.05, 0.1) is 12.2 Å². The Morgan fingerprint density at radius 1 is 0.923 bits per heavy atom. The minimum Gasteiger partial charge on any atom is -0.493 e. The van der Waals surface area contributed by atoms with Crippen molar-refractivity contribution < 1.29 is 14.3 Å². The van der Waals surface area contributed by atoms with Crippen molar-refractivity contribution in [1.29, 1.82) is 0 Å². The van der Waals surface area contributed by atoms with Crippen molar-refractivity contribution in [2.75, 3.05) is 17.2 Å². The summed E-state index contributed by atoms with van der Waals surface area (Å²) in [5.74, 6) is 0.289. The number of carbonyl (C=O) groups excluding carboxylic acids is 2. The average Bonchev–Trinajstić information content (AvgIpc) is 2.63. The van der Waals surface area contributed by atoms with Crippen LogP contribution in [0.5, 0.6) is 5.75 Å². The summed E-state index contributed by atoms with van der Waals surface area (Å²) in [6.45, 7) is 4.47. The molecule has 0 saturated heterocycles. The Morgan fingerprint density at radius 3 is 2.38 bits per heavy atom. The zero-order chi connectivity index (χ0) is 18.8. The number of hydrogen-bond donors (Lipinski definition) is 2. The SMILES string of the molecule is CCCCCC(=O)Nc1cccc(NC(=O)c2ccccc2OCC)c1. The van der Waals surface area contributed by atoms with Crippen LogP contribution in [0.2, 0.25) is 0 Å². The van der Waals surface area contributed by atoms with Gasteiger partial charge >= 0.3 is 0 Å². The normalized spacial score (nSPS) is 10.2. The van der Waals surface area contributed by atoms with Gasteiger partial charge in [-0.15, -0.1) is 0 Å². The van der Waals surface area contributed by atoms with E-state index in [1.54, 1.807) is 36.4 Å². The first-order valence-corrected chi connectivity index (χ1v) is 9.07. The second-order valence-corrected chi connectivity index (χ2v) is 5.97. The largest absolute Gasteiger partial charge is 0.493 e. The molecule has 0 aromatic heterocycles. The van der Waals surface area contributed by atoms with Crippen molar-refractivity contribution in [3.05, 3.63) is 54.1 Å². The van der Waals surface area contributed by atoms with Crippen molar-refractivity contribution in [3.8, 4) is 5.75 Å². The van der Waals surface area contributed by atoms with Gasteiger partial charge in [0.1, 0.15) is 5.75 Å². The number of nitrogens with one attached hydrogen (secondary N) is 2. The number of unbranched alkanes of at least 4 members (excludes halogenated alkanes) is 2. The molecule has 2 aromatic carbocycles. The molecule has 0 saturated carbocycles. The van der Waals surface area contributed by atoms with Crippen LogP contribution in [0.4, 0.5) is 11.4 Å². The van der Waals surface area contributed by atoms with Crippen LogP contribution in [0.15, 0.2) is 48.5 Å². The predicted molar refractivity (Wildman–Crippen MR) is 105 cm³/mol. The van der Waals surface area contributed by atoms with Gasteiger partial charge in [-0.05, 0) is 43.7 Å². The first-order chi connectivity index (χ1) is 12.6. The number of amides is 2. The third kappa shape index (κ3) is 5.92. The summed E-state index contributed by atoms with van der Waals surface area (Å²) in [4.78, 5) is 24.5.